The van der Waals surface area contributed by atoms with Gasteiger partial charge >= 0.3 is 29.9 Å². The van der Waals surface area contributed by atoms with Crippen LogP contribution in [0.4, 0.5) is 26.3 Å². The highest BCUT2D eigenvalue weighted by Crippen LogP contribution is 2.64. The highest BCUT2D eigenvalue weighted by molar-refractivity contribution is 7.97. The second-order valence-corrected chi connectivity index (χ2v) is 18.9. The maximum atomic E-state index is 13.7. The van der Waals surface area contributed by atoms with Gasteiger partial charge in [0.05, 0.1) is 26.7 Å². The van der Waals surface area contributed by atoms with Gasteiger partial charge in [0, 0.05) is 6.42 Å². The van der Waals surface area contributed by atoms with Gasteiger partial charge in [-0.15, -0.1) is 0 Å². The molecule has 4 aliphatic carbocycles. The van der Waals surface area contributed by atoms with E-state index in [4.69, 9.17) is 9.47 Å². The van der Waals surface area contributed by atoms with E-state index in [1.54, 1.807) is 20.8 Å². The number of ether oxygens (including phenoxy) is 3. The molecule has 0 amide bonds. The van der Waals surface area contributed by atoms with Crippen LogP contribution in [0.3, 0.4) is 0 Å². The van der Waals surface area contributed by atoms with Crippen molar-refractivity contribution in [2.75, 3.05) is 5.75 Å². The molecule has 0 radical (unpaired) electrons. The van der Waals surface area contributed by atoms with Crippen LogP contribution in [0.1, 0.15) is 65.7 Å². The predicted octanol–water partition coefficient (Wildman–Crippen LogP) is 9.14. The van der Waals surface area contributed by atoms with Gasteiger partial charge in [-0.05, 0) is 101 Å². The van der Waals surface area contributed by atoms with Crippen LogP contribution >= 0.6 is 0 Å². The Morgan fingerprint density at radius 1 is 0.818 bits per heavy atom. The van der Waals surface area contributed by atoms with Gasteiger partial charge in [0.2, 0.25) is 9.79 Å². The number of carbonyl (C=O) groups is 2. The number of para-hydroxylation sites is 2. The van der Waals surface area contributed by atoms with E-state index in [0.29, 0.717) is 25.7 Å². The molecule has 0 N–H and O–H groups in total. The number of halogens is 6. The van der Waals surface area contributed by atoms with Crippen LogP contribution in [-0.2, 0) is 40.1 Å². The fourth-order valence-electron chi connectivity index (χ4n) is 8.45. The van der Waals surface area contributed by atoms with Crippen molar-refractivity contribution in [2.45, 2.75) is 104 Å². The van der Waals surface area contributed by atoms with Gasteiger partial charge in [0.15, 0.2) is 16.4 Å². The first-order valence-corrected chi connectivity index (χ1v) is 20.5. The molecule has 4 saturated carbocycles. The standard InChI is InChI=1S/C21H28F6O7S.C18H13OS/c1-4-16(2,3)14(28)33-18-8-12-5-13(9-18)7-17(6-12,10-18)15(29)34-19(20(22,23)24,21(25,26)27)11-35(30,31)32;1-2-8-14(9-3-1)20-17-12-6-4-10-15(17)19-16-11-5-7-13-18(16)20/h12-13H,4-11H2,1-3H3,(H,30,31,32);1-13H/q;+1/p-1. The third-order valence-corrected chi connectivity index (χ3v) is 14.1. The number of fused-ring (bicyclic) bond motifs is 2. The van der Waals surface area contributed by atoms with Crippen LogP contribution in [-0.4, -0.2) is 54.2 Å². The number of carbonyl (C=O) groups excluding carboxylic acids is 2. The van der Waals surface area contributed by atoms with E-state index >= 15 is 0 Å². The van der Waals surface area contributed by atoms with Crippen LogP contribution in [0.15, 0.2) is 93.5 Å². The molecule has 0 spiro atoms. The van der Waals surface area contributed by atoms with Gasteiger partial charge in [-0.2, -0.15) is 26.3 Å². The minimum absolute atomic E-state index is 0.0829. The molecule has 298 valence electrons. The van der Waals surface area contributed by atoms with E-state index in [9.17, 15) is 48.9 Å². The van der Waals surface area contributed by atoms with Crippen molar-refractivity contribution in [3.8, 4) is 11.5 Å². The fourth-order valence-corrected chi connectivity index (χ4v) is 11.6. The maximum Gasteiger partial charge on any atom is 0.438 e. The fraction of sp³-hybridized carbons (Fsp3) is 0.487. The highest BCUT2D eigenvalue weighted by atomic mass is 32.2. The summed E-state index contributed by atoms with van der Waals surface area (Å²) >= 11 is 0. The summed E-state index contributed by atoms with van der Waals surface area (Å²) in [7, 11) is -6.22. The highest BCUT2D eigenvalue weighted by Gasteiger charge is 2.76. The summed E-state index contributed by atoms with van der Waals surface area (Å²) in [4.78, 5) is 29.7. The second-order valence-electron chi connectivity index (χ2n) is 15.6. The number of hydrogen-bond acceptors (Lipinski definition) is 8. The molecule has 8 rings (SSSR count). The molecule has 3 aromatic rings. The summed E-state index contributed by atoms with van der Waals surface area (Å²) < 4.78 is 131. The molecular formula is C39H40F6O8S2. The number of rotatable bonds is 8. The Bertz CT molecular complexity index is 1960. The van der Waals surface area contributed by atoms with Crippen molar-refractivity contribution in [2.24, 2.45) is 22.7 Å². The lowest BCUT2D eigenvalue weighted by Gasteiger charge is -2.60. The topological polar surface area (TPSA) is 119 Å². The van der Waals surface area contributed by atoms with Crippen molar-refractivity contribution in [3.63, 3.8) is 0 Å². The van der Waals surface area contributed by atoms with Gasteiger partial charge in [-0.3, -0.25) is 9.59 Å². The van der Waals surface area contributed by atoms with Gasteiger partial charge in [-0.1, -0.05) is 49.4 Å². The summed E-state index contributed by atoms with van der Waals surface area (Å²) in [6.45, 7) is 5.01. The summed E-state index contributed by atoms with van der Waals surface area (Å²) in [5.41, 5.74) is -9.51. The second kappa shape index (κ2) is 14.3. The maximum absolute atomic E-state index is 13.7. The van der Waals surface area contributed by atoms with Crippen molar-refractivity contribution in [1.82, 2.24) is 0 Å². The number of hydrogen-bond donors (Lipinski definition) is 0. The average molecular weight is 815 g/mol. The Balaban J connectivity index is 0.000000215. The molecule has 4 fully saturated rings. The van der Waals surface area contributed by atoms with Crippen molar-refractivity contribution < 1.29 is 63.1 Å². The molecule has 1 aliphatic heterocycles. The molecule has 8 nitrogen and oxygen atoms in total. The summed E-state index contributed by atoms with van der Waals surface area (Å²) in [6, 6.07) is 27.3. The molecule has 16 heteroatoms. The van der Waals surface area contributed by atoms with Crippen LogP contribution in [0, 0.1) is 22.7 Å². The molecule has 1 heterocycles. The molecule has 2 unspecified atom stereocenters. The lowest BCUT2D eigenvalue weighted by Crippen LogP contribution is -2.66. The molecule has 55 heavy (non-hydrogen) atoms. The summed E-state index contributed by atoms with van der Waals surface area (Å²) in [5, 5.41) is 0. The van der Waals surface area contributed by atoms with E-state index in [0.717, 1.165) is 11.5 Å². The Kier molecular flexibility index (Phi) is 10.6. The number of alkyl halides is 6. The third kappa shape index (κ3) is 7.95. The van der Waals surface area contributed by atoms with Crippen molar-refractivity contribution in [3.05, 3.63) is 78.9 Å². The zero-order valence-electron chi connectivity index (χ0n) is 30.2. The first-order chi connectivity index (χ1) is 25.5. The monoisotopic (exact) mass is 814 g/mol. The number of benzene rings is 3. The lowest BCUT2D eigenvalue weighted by atomic mass is 9.48. The van der Waals surface area contributed by atoms with Gasteiger partial charge in [0.1, 0.15) is 16.5 Å². The SMILES string of the molecule is CCC(C)(C)C(=O)OC12CC3CC(C1)CC(C(=O)OC(CS(=O)(=O)[O-])(C(F)(F)F)C(F)(F)F)(C3)C2.c1ccc([S+]2c3ccccc3Oc3ccccc32)cc1. The van der Waals surface area contributed by atoms with E-state index in [2.05, 4.69) is 59.3 Å². The average Bonchev–Trinajstić information content (AvgIpc) is 3.08. The van der Waals surface area contributed by atoms with Crippen LogP contribution in [0.5, 0.6) is 11.5 Å². The summed E-state index contributed by atoms with van der Waals surface area (Å²) in [5.74, 6) is -4.20. The minimum Gasteiger partial charge on any atom is -0.748 e. The first kappa shape index (κ1) is 40.9. The molecule has 3 aromatic carbocycles. The molecule has 0 aromatic heterocycles. The van der Waals surface area contributed by atoms with E-state index < -0.39 is 62.2 Å². The molecule has 5 aliphatic rings. The van der Waals surface area contributed by atoms with Crippen molar-refractivity contribution in [1.29, 1.82) is 0 Å². The summed E-state index contributed by atoms with van der Waals surface area (Å²) in [6.07, 6.45) is -11.8. The van der Waals surface area contributed by atoms with Gasteiger partial charge in [0.25, 0.3) is 0 Å². The smallest absolute Gasteiger partial charge is 0.438 e. The normalized spacial score (nSPS) is 24.8. The van der Waals surface area contributed by atoms with Gasteiger partial charge in [-0.25, -0.2) is 8.42 Å². The third-order valence-electron chi connectivity index (χ3n) is 11.1. The van der Waals surface area contributed by atoms with E-state index in [1.165, 1.54) is 14.7 Å². The van der Waals surface area contributed by atoms with E-state index in [-0.39, 0.29) is 42.0 Å². The molecule has 2 atom stereocenters. The first-order valence-electron chi connectivity index (χ1n) is 17.7. The Morgan fingerprint density at radius 3 is 1.78 bits per heavy atom. The number of esters is 2. The molecule has 4 bridgehead atoms. The molecule has 0 saturated heterocycles. The van der Waals surface area contributed by atoms with E-state index in [1.807, 2.05) is 24.3 Å². The predicted molar refractivity (Wildman–Crippen MR) is 187 cm³/mol. The van der Waals surface area contributed by atoms with Crippen LogP contribution in [0.2, 0.25) is 0 Å². The molecular weight excluding hydrogens is 775 g/mol. The Hall–Kier alpha value is -3.76. The van der Waals surface area contributed by atoms with Crippen LogP contribution < -0.4 is 4.74 Å². The van der Waals surface area contributed by atoms with Crippen molar-refractivity contribution >= 4 is 33.0 Å². The van der Waals surface area contributed by atoms with Crippen LogP contribution in [0.25, 0.3) is 0 Å². The zero-order chi connectivity index (χ0) is 40.2. The Morgan fingerprint density at radius 2 is 1.31 bits per heavy atom. The van der Waals surface area contributed by atoms with Gasteiger partial charge < -0.3 is 18.8 Å². The quantitative estimate of drug-likeness (QED) is 0.0748. The zero-order valence-corrected chi connectivity index (χ0v) is 31.8. The minimum atomic E-state index is -6.43. The Labute approximate surface area is 318 Å². The largest absolute Gasteiger partial charge is 0.748 e. The lowest BCUT2D eigenvalue weighted by molar-refractivity contribution is -0.364.